The van der Waals surface area contributed by atoms with Crippen LogP contribution in [0.15, 0.2) is 36.5 Å². The number of rotatable bonds is 6. The van der Waals surface area contributed by atoms with E-state index in [0.717, 1.165) is 5.75 Å². The normalized spacial score (nSPS) is 10.1. The van der Waals surface area contributed by atoms with Crippen molar-refractivity contribution >= 4 is 11.7 Å². The largest absolute Gasteiger partial charge is 0.497 e. The number of methoxy groups -OCH3 is 1. The maximum Gasteiger partial charge on any atom is 0.263 e. The fourth-order valence-corrected chi connectivity index (χ4v) is 1.69. The number of carbonyl (C=O) groups excluding carboxylic acids is 1. The molecular formula is C14H17N3O3. The lowest BCUT2D eigenvalue weighted by molar-refractivity contribution is -0.118. The molecule has 1 aromatic carbocycles. The molecule has 106 valence electrons. The first-order valence-electron chi connectivity index (χ1n) is 6.31. The number of benzene rings is 1. The summed E-state index contributed by atoms with van der Waals surface area (Å²) >= 11 is 0. The molecule has 20 heavy (non-hydrogen) atoms. The SMILES string of the molecule is CCn1nccc1NC(=O)COc1ccc(OC)cc1. The molecule has 0 spiro atoms. The summed E-state index contributed by atoms with van der Waals surface area (Å²) in [5, 5.41) is 6.82. The second-order valence-corrected chi connectivity index (χ2v) is 4.04. The number of aryl methyl sites for hydroxylation is 1. The monoisotopic (exact) mass is 275 g/mol. The molecule has 0 aliphatic heterocycles. The molecule has 1 N–H and O–H groups in total. The Morgan fingerprint density at radius 3 is 2.60 bits per heavy atom. The van der Waals surface area contributed by atoms with E-state index in [4.69, 9.17) is 9.47 Å². The van der Waals surface area contributed by atoms with Crippen LogP contribution in [-0.2, 0) is 11.3 Å². The molecule has 1 amide bonds. The topological polar surface area (TPSA) is 65.4 Å². The number of anilines is 1. The van der Waals surface area contributed by atoms with E-state index in [9.17, 15) is 4.79 Å². The Hall–Kier alpha value is -2.50. The lowest BCUT2D eigenvalue weighted by atomic mass is 10.3. The highest BCUT2D eigenvalue weighted by Gasteiger charge is 2.07. The average Bonchev–Trinajstić information content (AvgIpc) is 2.92. The van der Waals surface area contributed by atoms with E-state index in [1.165, 1.54) is 0 Å². The summed E-state index contributed by atoms with van der Waals surface area (Å²) in [4.78, 5) is 11.8. The van der Waals surface area contributed by atoms with Crippen molar-refractivity contribution in [2.24, 2.45) is 0 Å². The maximum absolute atomic E-state index is 11.8. The summed E-state index contributed by atoms with van der Waals surface area (Å²) in [5.41, 5.74) is 0. The summed E-state index contributed by atoms with van der Waals surface area (Å²) < 4.78 is 12.1. The molecule has 2 rings (SSSR count). The lowest BCUT2D eigenvalue weighted by Crippen LogP contribution is -2.22. The zero-order valence-corrected chi connectivity index (χ0v) is 11.5. The van der Waals surface area contributed by atoms with Crippen LogP contribution in [0.25, 0.3) is 0 Å². The number of nitrogens with zero attached hydrogens (tertiary/aromatic N) is 2. The summed E-state index contributed by atoms with van der Waals surface area (Å²) in [5.74, 6) is 1.80. The van der Waals surface area contributed by atoms with Crippen molar-refractivity contribution in [3.63, 3.8) is 0 Å². The van der Waals surface area contributed by atoms with Crippen molar-refractivity contribution in [1.29, 1.82) is 0 Å². The predicted molar refractivity (Wildman–Crippen MR) is 75.0 cm³/mol. The minimum atomic E-state index is -0.226. The lowest BCUT2D eigenvalue weighted by Gasteiger charge is -2.09. The van der Waals surface area contributed by atoms with Crippen LogP contribution < -0.4 is 14.8 Å². The van der Waals surface area contributed by atoms with Crippen molar-refractivity contribution < 1.29 is 14.3 Å². The highest BCUT2D eigenvalue weighted by atomic mass is 16.5. The number of hydrogen-bond donors (Lipinski definition) is 1. The van der Waals surface area contributed by atoms with Gasteiger partial charge in [-0.2, -0.15) is 5.10 Å². The summed E-state index contributed by atoms with van der Waals surface area (Å²) in [7, 11) is 1.60. The molecule has 0 atom stereocenters. The standard InChI is InChI=1S/C14H17N3O3/c1-3-17-13(8-9-15-17)16-14(18)10-20-12-6-4-11(19-2)5-7-12/h4-9H,3,10H2,1-2H3,(H,16,18). The van der Waals surface area contributed by atoms with Gasteiger partial charge in [0.25, 0.3) is 5.91 Å². The van der Waals surface area contributed by atoms with Gasteiger partial charge in [0.1, 0.15) is 17.3 Å². The molecule has 0 radical (unpaired) electrons. The van der Waals surface area contributed by atoms with Gasteiger partial charge in [-0.1, -0.05) is 0 Å². The van der Waals surface area contributed by atoms with Gasteiger partial charge in [-0.3, -0.25) is 4.79 Å². The van der Waals surface area contributed by atoms with Gasteiger partial charge in [0.05, 0.1) is 13.3 Å². The quantitative estimate of drug-likeness (QED) is 0.874. The maximum atomic E-state index is 11.8. The van der Waals surface area contributed by atoms with E-state index in [1.807, 2.05) is 6.92 Å². The van der Waals surface area contributed by atoms with Gasteiger partial charge in [0.15, 0.2) is 6.61 Å². The molecule has 0 unspecified atom stereocenters. The van der Waals surface area contributed by atoms with Gasteiger partial charge in [-0.05, 0) is 31.2 Å². The first-order valence-corrected chi connectivity index (χ1v) is 6.31. The molecule has 0 saturated carbocycles. The van der Waals surface area contributed by atoms with Crippen LogP contribution in [0.5, 0.6) is 11.5 Å². The molecule has 6 nitrogen and oxygen atoms in total. The molecule has 0 aliphatic rings. The van der Waals surface area contributed by atoms with Gasteiger partial charge in [0.2, 0.25) is 0 Å². The molecule has 0 aliphatic carbocycles. The molecule has 1 heterocycles. The third kappa shape index (κ3) is 3.50. The first kappa shape index (κ1) is 13.9. The van der Waals surface area contributed by atoms with Crippen LogP contribution in [0.2, 0.25) is 0 Å². The van der Waals surface area contributed by atoms with Gasteiger partial charge >= 0.3 is 0 Å². The molecular weight excluding hydrogens is 258 g/mol. The molecule has 2 aromatic rings. The third-order valence-electron chi connectivity index (χ3n) is 2.71. The number of aromatic nitrogens is 2. The zero-order chi connectivity index (χ0) is 14.4. The number of amides is 1. The number of carbonyl (C=O) groups is 1. The molecule has 0 bridgehead atoms. The van der Waals surface area contributed by atoms with E-state index in [0.29, 0.717) is 18.1 Å². The third-order valence-corrected chi connectivity index (χ3v) is 2.71. The van der Waals surface area contributed by atoms with Crippen molar-refractivity contribution in [1.82, 2.24) is 9.78 Å². The van der Waals surface area contributed by atoms with Crippen LogP contribution in [-0.4, -0.2) is 29.4 Å². The Morgan fingerprint density at radius 2 is 1.95 bits per heavy atom. The second-order valence-electron chi connectivity index (χ2n) is 4.04. The van der Waals surface area contributed by atoms with Crippen LogP contribution >= 0.6 is 0 Å². The summed E-state index contributed by atoms with van der Waals surface area (Å²) in [6.07, 6.45) is 1.64. The molecule has 0 saturated heterocycles. The van der Waals surface area contributed by atoms with Crippen molar-refractivity contribution in [2.45, 2.75) is 13.5 Å². The Morgan fingerprint density at radius 1 is 1.25 bits per heavy atom. The van der Waals surface area contributed by atoms with Gasteiger partial charge in [-0.25, -0.2) is 4.68 Å². The fourth-order valence-electron chi connectivity index (χ4n) is 1.69. The second kappa shape index (κ2) is 6.60. The van der Waals surface area contributed by atoms with E-state index in [1.54, 1.807) is 48.3 Å². The highest BCUT2D eigenvalue weighted by Crippen LogP contribution is 2.17. The molecule has 0 fully saturated rings. The van der Waals surface area contributed by atoms with E-state index in [-0.39, 0.29) is 12.5 Å². The highest BCUT2D eigenvalue weighted by molar-refractivity contribution is 5.91. The Labute approximate surface area is 117 Å². The fraction of sp³-hybridized carbons (Fsp3) is 0.286. The van der Waals surface area contributed by atoms with E-state index in [2.05, 4.69) is 10.4 Å². The van der Waals surface area contributed by atoms with Crippen molar-refractivity contribution in [2.75, 3.05) is 19.0 Å². The number of hydrogen-bond acceptors (Lipinski definition) is 4. The van der Waals surface area contributed by atoms with Gasteiger partial charge in [-0.15, -0.1) is 0 Å². The van der Waals surface area contributed by atoms with E-state index < -0.39 is 0 Å². The molecule has 6 heteroatoms. The zero-order valence-electron chi connectivity index (χ0n) is 11.5. The van der Waals surface area contributed by atoms with Crippen LogP contribution in [0.3, 0.4) is 0 Å². The minimum absolute atomic E-state index is 0.0543. The summed E-state index contributed by atoms with van der Waals surface area (Å²) in [6, 6.07) is 8.80. The van der Waals surface area contributed by atoms with Gasteiger partial charge < -0.3 is 14.8 Å². The average molecular weight is 275 g/mol. The van der Waals surface area contributed by atoms with Crippen LogP contribution in [0.1, 0.15) is 6.92 Å². The number of nitrogens with one attached hydrogen (secondary N) is 1. The number of ether oxygens (including phenoxy) is 2. The first-order chi connectivity index (χ1) is 9.72. The minimum Gasteiger partial charge on any atom is -0.497 e. The predicted octanol–water partition coefficient (Wildman–Crippen LogP) is 1.93. The van der Waals surface area contributed by atoms with Gasteiger partial charge in [0, 0.05) is 12.6 Å². The Bertz CT molecular complexity index is 563. The van der Waals surface area contributed by atoms with Crippen molar-refractivity contribution in [3.8, 4) is 11.5 Å². The smallest absolute Gasteiger partial charge is 0.263 e. The van der Waals surface area contributed by atoms with Crippen LogP contribution in [0, 0.1) is 0 Å². The van der Waals surface area contributed by atoms with Crippen molar-refractivity contribution in [3.05, 3.63) is 36.5 Å². The molecule has 1 aromatic heterocycles. The van der Waals surface area contributed by atoms with Crippen LogP contribution in [0.4, 0.5) is 5.82 Å². The Kier molecular flexibility index (Phi) is 4.60. The van der Waals surface area contributed by atoms with E-state index >= 15 is 0 Å². The Balaban J connectivity index is 1.85. The summed E-state index contributed by atoms with van der Waals surface area (Å²) in [6.45, 7) is 2.60.